The third-order valence-corrected chi connectivity index (χ3v) is 2.64. The Bertz CT molecular complexity index is 253. The molecule has 1 fully saturated rings. The van der Waals surface area contributed by atoms with E-state index >= 15 is 0 Å². The molecular weight excluding hydrogens is 221 g/mol. The first kappa shape index (κ1) is 13.3. The number of alkyl halides is 3. The summed E-state index contributed by atoms with van der Waals surface area (Å²) in [5.41, 5.74) is 0. The van der Waals surface area contributed by atoms with Gasteiger partial charge in [-0.15, -0.1) is 0 Å². The van der Waals surface area contributed by atoms with E-state index in [-0.39, 0.29) is 12.6 Å². The molecule has 0 aromatic carbocycles. The van der Waals surface area contributed by atoms with Crippen molar-refractivity contribution in [2.24, 2.45) is 0 Å². The van der Waals surface area contributed by atoms with E-state index in [1.165, 1.54) is 5.01 Å². The molecule has 0 bridgehead atoms. The smallest absolute Gasteiger partial charge is 0.267 e. The van der Waals surface area contributed by atoms with Crippen LogP contribution in [0.15, 0.2) is 0 Å². The summed E-state index contributed by atoms with van der Waals surface area (Å²) < 4.78 is 37.2. The Morgan fingerprint density at radius 2 is 1.69 bits per heavy atom. The van der Waals surface area contributed by atoms with Gasteiger partial charge in [-0.25, -0.2) is 5.01 Å². The molecule has 1 heterocycles. The van der Waals surface area contributed by atoms with Crippen molar-refractivity contribution >= 4 is 5.91 Å². The Hall–Kier alpha value is -0.780. The van der Waals surface area contributed by atoms with Crippen LogP contribution in [0.25, 0.3) is 0 Å². The molecule has 6 heteroatoms. The molecule has 1 aliphatic heterocycles. The minimum absolute atomic E-state index is 0.0931. The molecule has 94 valence electrons. The molecule has 1 rings (SSSR count). The summed E-state index contributed by atoms with van der Waals surface area (Å²) in [4.78, 5) is 11.2. The van der Waals surface area contributed by atoms with Crippen LogP contribution in [0.1, 0.15) is 33.1 Å². The summed E-state index contributed by atoms with van der Waals surface area (Å²) in [6.07, 6.45) is -2.45. The minimum atomic E-state index is -4.78. The van der Waals surface area contributed by atoms with Gasteiger partial charge >= 0.3 is 12.1 Å². The van der Waals surface area contributed by atoms with Crippen molar-refractivity contribution in [1.82, 2.24) is 10.0 Å². The third-order valence-electron chi connectivity index (χ3n) is 2.64. The lowest BCUT2D eigenvalue weighted by atomic mass is 10.2. The van der Waals surface area contributed by atoms with Crippen LogP contribution in [0.5, 0.6) is 0 Å². The fourth-order valence-corrected chi connectivity index (χ4v) is 1.86. The molecule has 0 aromatic rings. The summed E-state index contributed by atoms with van der Waals surface area (Å²) in [5.74, 6) is -1.75. The van der Waals surface area contributed by atoms with Crippen molar-refractivity contribution < 1.29 is 18.0 Å². The Kier molecular flexibility index (Phi) is 4.18. The fourth-order valence-electron chi connectivity index (χ4n) is 1.86. The van der Waals surface area contributed by atoms with Crippen LogP contribution < -0.4 is 0 Å². The maximum absolute atomic E-state index is 12.4. The molecule has 3 nitrogen and oxygen atoms in total. The van der Waals surface area contributed by atoms with Crippen LogP contribution >= 0.6 is 0 Å². The zero-order valence-electron chi connectivity index (χ0n) is 9.55. The standard InChI is InChI=1S/C10H17F3N2O/c1-8(2)14-6-4-3-5-7-15(14)9(16)10(11,12)13/h8H,3-7H2,1-2H3. The zero-order valence-corrected chi connectivity index (χ0v) is 9.55. The Labute approximate surface area is 93.2 Å². The number of rotatable bonds is 1. The quantitative estimate of drug-likeness (QED) is 0.699. The molecule has 0 atom stereocenters. The number of carbonyl (C=O) groups excluding carboxylic acids is 1. The molecule has 0 radical (unpaired) electrons. The molecule has 0 saturated carbocycles. The first-order valence-corrected chi connectivity index (χ1v) is 5.49. The summed E-state index contributed by atoms with van der Waals surface area (Å²) in [5, 5.41) is 2.38. The van der Waals surface area contributed by atoms with Gasteiger partial charge in [-0.1, -0.05) is 6.42 Å². The molecule has 0 spiro atoms. The van der Waals surface area contributed by atoms with Crippen molar-refractivity contribution in [2.45, 2.75) is 45.3 Å². The largest absolute Gasteiger partial charge is 0.472 e. The van der Waals surface area contributed by atoms with E-state index < -0.39 is 12.1 Å². The number of hydrogen-bond acceptors (Lipinski definition) is 2. The third kappa shape index (κ3) is 3.10. The van der Waals surface area contributed by atoms with E-state index in [1.807, 2.05) is 0 Å². The zero-order chi connectivity index (χ0) is 12.3. The maximum atomic E-state index is 12.4. The Morgan fingerprint density at radius 1 is 1.12 bits per heavy atom. The lowest BCUT2D eigenvalue weighted by Crippen LogP contribution is -2.53. The molecule has 0 unspecified atom stereocenters. The van der Waals surface area contributed by atoms with E-state index in [4.69, 9.17) is 0 Å². The van der Waals surface area contributed by atoms with E-state index in [1.54, 1.807) is 13.8 Å². The van der Waals surface area contributed by atoms with E-state index in [0.717, 1.165) is 17.9 Å². The van der Waals surface area contributed by atoms with E-state index in [2.05, 4.69) is 0 Å². The van der Waals surface area contributed by atoms with Gasteiger partial charge in [0.05, 0.1) is 0 Å². The SMILES string of the molecule is CC(C)N1CCCCCN1C(=O)C(F)(F)F. The van der Waals surface area contributed by atoms with Crippen molar-refractivity contribution in [3.8, 4) is 0 Å². The molecular formula is C10H17F3N2O. The summed E-state index contributed by atoms with van der Waals surface area (Å²) in [6, 6.07) is -0.0931. The van der Waals surface area contributed by atoms with E-state index in [0.29, 0.717) is 13.0 Å². The van der Waals surface area contributed by atoms with Crippen LogP contribution in [0, 0.1) is 0 Å². The van der Waals surface area contributed by atoms with Crippen LogP contribution in [-0.2, 0) is 4.79 Å². The van der Waals surface area contributed by atoms with Gasteiger partial charge < -0.3 is 0 Å². The fraction of sp³-hybridized carbons (Fsp3) is 0.900. The molecule has 1 amide bonds. The van der Waals surface area contributed by atoms with Gasteiger partial charge in [-0.2, -0.15) is 13.2 Å². The van der Waals surface area contributed by atoms with Crippen molar-refractivity contribution in [3.05, 3.63) is 0 Å². The molecule has 1 saturated heterocycles. The number of halogens is 3. The van der Waals surface area contributed by atoms with Crippen LogP contribution in [0.2, 0.25) is 0 Å². The summed E-state index contributed by atoms with van der Waals surface area (Å²) in [7, 11) is 0. The Morgan fingerprint density at radius 3 is 2.19 bits per heavy atom. The second-order valence-corrected chi connectivity index (χ2v) is 4.24. The highest BCUT2D eigenvalue weighted by Gasteiger charge is 2.44. The summed E-state index contributed by atoms with van der Waals surface area (Å²) >= 11 is 0. The predicted octanol–water partition coefficient (Wildman–Crippen LogP) is 2.19. The highest BCUT2D eigenvalue weighted by atomic mass is 19.4. The van der Waals surface area contributed by atoms with Gasteiger partial charge in [0.15, 0.2) is 0 Å². The lowest BCUT2D eigenvalue weighted by Gasteiger charge is -2.36. The molecule has 0 aliphatic carbocycles. The van der Waals surface area contributed by atoms with Gasteiger partial charge in [0.1, 0.15) is 0 Å². The van der Waals surface area contributed by atoms with Gasteiger partial charge in [0.25, 0.3) is 0 Å². The Balaban J connectivity index is 2.83. The van der Waals surface area contributed by atoms with Gasteiger partial charge in [0.2, 0.25) is 0 Å². The molecule has 0 N–H and O–H groups in total. The van der Waals surface area contributed by atoms with E-state index in [9.17, 15) is 18.0 Å². The second-order valence-electron chi connectivity index (χ2n) is 4.24. The second kappa shape index (κ2) is 5.03. The normalized spacial score (nSPS) is 20.0. The van der Waals surface area contributed by atoms with Crippen LogP contribution in [-0.4, -0.2) is 41.2 Å². The highest BCUT2D eigenvalue weighted by Crippen LogP contribution is 2.23. The topological polar surface area (TPSA) is 23.6 Å². The number of hydrogen-bond donors (Lipinski definition) is 0. The van der Waals surface area contributed by atoms with Crippen molar-refractivity contribution in [2.75, 3.05) is 13.1 Å². The molecule has 0 aromatic heterocycles. The van der Waals surface area contributed by atoms with Gasteiger partial charge in [-0.05, 0) is 26.7 Å². The van der Waals surface area contributed by atoms with Crippen molar-refractivity contribution in [3.63, 3.8) is 0 Å². The number of nitrogens with zero attached hydrogens (tertiary/aromatic N) is 2. The minimum Gasteiger partial charge on any atom is -0.267 e. The first-order valence-electron chi connectivity index (χ1n) is 5.49. The highest BCUT2D eigenvalue weighted by molar-refractivity contribution is 5.81. The average Bonchev–Trinajstić information content (AvgIpc) is 2.39. The number of carbonyl (C=O) groups is 1. The van der Waals surface area contributed by atoms with Crippen LogP contribution in [0.3, 0.4) is 0 Å². The lowest BCUT2D eigenvalue weighted by molar-refractivity contribution is -0.204. The van der Waals surface area contributed by atoms with Crippen molar-refractivity contribution in [1.29, 1.82) is 0 Å². The molecule has 16 heavy (non-hydrogen) atoms. The average molecular weight is 238 g/mol. The maximum Gasteiger partial charge on any atom is 0.472 e. The number of amides is 1. The first-order chi connectivity index (χ1) is 7.34. The molecule has 1 aliphatic rings. The van der Waals surface area contributed by atoms with Gasteiger partial charge in [-0.3, -0.25) is 9.80 Å². The predicted molar refractivity (Wildman–Crippen MR) is 53.5 cm³/mol. The summed E-state index contributed by atoms with van der Waals surface area (Å²) in [6.45, 7) is 4.26. The van der Waals surface area contributed by atoms with Crippen LogP contribution in [0.4, 0.5) is 13.2 Å². The van der Waals surface area contributed by atoms with Gasteiger partial charge in [0, 0.05) is 19.1 Å². The number of hydrazine groups is 1. The monoisotopic (exact) mass is 238 g/mol.